The summed E-state index contributed by atoms with van der Waals surface area (Å²) in [5.74, 6) is -1.50. The molecule has 7 nitrogen and oxygen atoms in total. The fourth-order valence-electron chi connectivity index (χ4n) is 4.81. The van der Waals surface area contributed by atoms with Gasteiger partial charge in [-0.25, -0.2) is 12.8 Å². The molecule has 0 aliphatic carbocycles. The maximum atomic E-state index is 14.1. The average molecular weight is 558 g/mol. The minimum atomic E-state index is -3.46. The van der Waals surface area contributed by atoms with Crippen LogP contribution >= 0.6 is 11.6 Å². The van der Waals surface area contributed by atoms with E-state index in [9.17, 15) is 22.4 Å². The van der Waals surface area contributed by atoms with Gasteiger partial charge in [0.2, 0.25) is 15.9 Å². The molecule has 1 atom stereocenters. The van der Waals surface area contributed by atoms with Gasteiger partial charge in [0.25, 0.3) is 0 Å². The van der Waals surface area contributed by atoms with Gasteiger partial charge >= 0.3 is 0 Å². The van der Waals surface area contributed by atoms with E-state index < -0.39 is 21.8 Å². The number of halogens is 2. The molecule has 0 saturated carbocycles. The van der Waals surface area contributed by atoms with Crippen LogP contribution in [0.15, 0.2) is 54.7 Å². The molecule has 1 aliphatic heterocycles. The molecule has 1 amide bonds. The Bertz CT molecular complexity index is 1480. The number of rotatable bonds is 9. The fraction of sp³-hybridized carbons (Fsp3) is 0.321. The first-order valence-corrected chi connectivity index (χ1v) is 14.7. The number of ketones is 1. The predicted octanol–water partition coefficient (Wildman–Crippen LogP) is 5.42. The van der Waals surface area contributed by atoms with E-state index in [1.165, 1.54) is 6.20 Å². The van der Waals surface area contributed by atoms with E-state index in [-0.39, 0.29) is 35.2 Å². The van der Waals surface area contributed by atoms with E-state index in [0.717, 1.165) is 41.1 Å². The first-order chi connectivity index (χ1) is 18.1. The highest BCUT2D eigenvalue weighted by Gasteiger charge is 2.32. The molecule has 1 aliphatic rings. The number of nitrogens with zero attached hydrogens (tertiary/aromatic N) is 2. The first kappa shape index (κ1) is 27.7. The lowest BCUT2D eigenvalue weighted by molar-refractivity contribution is -0.128. The van der Waals surface area contributed by atoms with E-state index in [2.05, 4.69) is 9.71 Å². The lowest BCUT2D eigenvalue weighted by atomic mass is 9.89. The van der Waals surface area contributed by atoms with Crippen molar-refractivity contribution < 1.29 is 22.4 Å². The van der Waals surface area contributed by atoms with E-state index >= 15 is 0 Å². The number of sulfonamides is 1. The number of para-hydroxylation sites is 1. The van der Waals surface area contributed by atoms with Crippen LogP contribution in [0.2, 0.25) is 5.02 Å². The van der Waals surface area contributed by atoms with E-state index in [0.29, 0.717) is 25.1 Å². The molecule has 4 rings (SSSR count). The van der Waals surface area contributed by atoms with Gasteiger partial charge in [0.15, 0.2) is 0 Å². The maximum Gasteiger partial charge on any atom is 0.230 e. The third-order valence-corrected chi connectivity index (χ3v) is 7.35. The SMILES string of the molecule is CCc1cc(-c2ccccc2NS(C)(=O)=O)ccc1N1CCC[C@@H](CC(=O)Cc2ncc(Cl)cc2F)C1=O. The molecule has 0 unspecified atom stereocenters. The smallest absolute Gasteiger partial charge is 0.230 e. The van der Waals surface area contributed by atoms with Crippen LogP contribution in [-0.4, -0.2) is 37.9 Å². The predicted molar refractivity (Wildman–Crippen MR) is 147 cm³/mol. The average Bonchev–Trinajstić information content (AvgIpc) is 2.86. The zero-order valence-corrected chi connectivity index (χ0v) is 22.8. The largest absolute Gasteiger partial charge is 0.312 e. The number of carbonyl (C=O) groups excluding carboxylic acids is 2. The summed E-state index contributed by atoms with van der Waals surface area (Å²) in [5, 5.41) is 0.157. The Hall–Kier alpha value is -3.30. The number of aryl methyl sites for hydroxylation is 1. The normalized spacial score (nSPS) is 15.9. The van der Waals surface area contributed by atoms with Crippen LogP contribution in [0.4, 0.5) is 15.8 Å². The quantitative estimate of drug-likeness (QED) is 0.379. The van der Waals surface area contributed by atoms with Gasteiger partial charge in [-0.3, -0.25) is 19.3 Å². The molecule has 3 aromatic rings. The van der Waals surface area contributed by atoms with Crippen molar-refractivity contribution in [2.45, 2.75) is 39.0 Å². The number of pyridine rings is 1. The minimum absolute atomic E-state index is 0.0170. The van der Waals surface area contributed by atoms with Crippen LogP contribution < -0.4 is 9.62 Å². The molecule has 0 bridgehead atoms. The van der Waals surface area contributed by atoms with Gasteiger partial charge in [0.1, 0.15) is 11.6 Å². The summed E-state index contributed by atoms with van der Waals surface area (Å²) in [7, 11) is -3.46. The molecule has 1 aromatic heterocycles. The molecular formula is C28H29ClFN3O4S. The van der Waals surface area contributed by atoms with E-state index in [1.54, 1.807) is 17.0 Å². The molecule has 2 heterocycles. The Labute approximate surface area is 227 Å². The summed E-state index contributed by atoms with van der Waals surface area (Å²) in [5.41, 5.74) is 3.77. The molecule has 1 saturated heterocycles. The number of aromatic nitrogens is 1. The molecule has 10 heteroatoms. The van der Waals surface area contributed by atoms with Gasteiger partial charge in [-0.15, -0.1) is 0 Å². The summed E-state index contributed by atoms with van der Waals surface area (Å²) in [6.07, 6.45) is 4.21. The number of amides is 1. The van der Waals surface area contributed by atoms with Crippen molar-refractivity contribution in [3.05, 3.63) is 76.8 Å². The second-order valence-corrected chi connectivity index (χ2v) is 11.6. The lowest BCUT2D eigenvalue weighted by Crippen LogP contribution is -2.42. The van der Waals surface area contributed by atoms with Gasteiger partial charge in [-0.1, -0.05) is 42.8 Å². The third kappa shape index (κ3) is 6.57. The summed E-state index contributed by atoms with van der Waals surface area (Å²) in [6, 6.07) is 14.0. The molecule has 2 aromatic carbocycles. The highest BCUT2D eigenvalue weighted by Crippen LogP contribution is 2.35. The standard InChI is InChI=1S/C28H29ClFN3O4S/c1-3-18-13-19(23-8-4-5-9-25(23)32-38(2,36)37)10-11-27(18)33-12-6-7-20(28(33)35)14-22(34)16-26-24(30)15-21(29)17-31-26/h4-5,8-11,13,15,17,20,32H,3,6-7,12,14,16H2,1-2H3/t20-/m0/s1. The number of nitrogens with one attached hydrogen (secondary N) is 1. The van der Waals surface area contributed by atoms with Crippen molar-refractivity contribution in [3.8, 4) is 11.1 Å². The Morgan fingerprint density at radius 1 is 1.21 bits per heavy atom. The van der Waals surface area contributed by atoms with Crippen LogP contribution in [-0.2, 0) is 32.5 Å². The van der Waals surface area contributed by atoms with Crippen molar-refractivity contribution in [3.63, 3.8) is 0 Å². The second-order valence-electron chi connectivity index (χ2n) is 9.45. The number of hydrogen-bond donors (Lipinski definition) is 1. The monoisotopic (exact) mass is 557 g/mol. The third-order valence-electron chi connectivity index (χ3n) is 6.56. The number of Topliss-reactive ketones (excluding diaryl/α,β-unsaturated/α-hetero) is 1. The van der Waals surface area contributed by atoms with Crippen molar-refractivity contribution >= 4 is 44.7 Å². The van der Waals surface area contributed by atoms with Crippen molar-refractivity contribution in [2.24, 2.45) is 5.92 Å². The van der Waals surface area contributed by atoms with E-state index in [1.807, 2.05) is 37.3 Å². The topological polar surface area (TPSA) is 96.4 Å². The Morgan fingerprint density at radius 2 is 1.97 bits per heavy atom. The van der Waals surface area contributed by atoms with Crippen LogP contribution in [0.25, 0.3) is 11.1 Å². The Balaban J connectivity index is 1.54. The lowest BCUT2D eigenvalue weighted by Gasteiger charge is -2.33. The van der Waals surface area contributed by atoms with Crippen molar-refractivity contribution in [1.82, 2.24) is 4.98 Å². The Morgan fingerprint density at radius 3 is 2.68 bits per heavy atom. The van der Waals surface area contributed by atoms with Crippen LogP contribution in [0.5, 0.6) is 0 Å². The first-order valence-electron chi connectivity index (χ1n) is 12.4. The number of piperidine rings is 1. The number of hydrogen-bond acceptors (Lipinski definition) is 5. The molecule has 0 spiro atoms. The summed E-state index contributed by atoms with van der Waals surface area (Å²) >= 11 is 5.74. The zero-order chi connectivity index (χ0) is 27.4. The van der Waals surface area contributed by atoms with Crippen molar-refractivity contribution in [1.29, 1.82) is 0 Å². The van der Waals surface area contributed by atoms with Crippen LogP contribution in [0, 0.1) is 11.7 Å². The molecule has 38 heavy (non-hydrogen) atoms. The number of carbonyl (C=O) groups is 2. The minimum Gasteiger partial charge on any atom is -0.312 e. The summed E-state index contributed by atoms with van der Waals surface area (Å²) in [4.78, 5) is 31.8. The molecule has 1 N–H and O–H groups in total. The molecule has 0 radical (unpaired) electrons. The highest BCUT2D eigenvalue weighted by molar-refractivity contribution is 7.92. The molecular weight excluding hydrogens is 529 g/mol. The highest BCUT2D eigenvalue weighted by atomic mass is 35.5. The van der Waals surface area contributed by atoms with Crippen LogP contribution in [0.3, 0.4) is 0 Å². The van der Waals surface area contributed by atoms with Crippen LogP contribution in [0.1, 0.15) is 37.4 Å². The summed E-state index contributed by atoms with van der Waals surface area (Å²) < 4.78 is 40.3. The van der Waals surface area contributed by atoms with E-state index in [4.69, 9.17) is 11.6 Å². The number of benzene rings is 2. The summed E-state index contributed by atoms with van der Waals surface area (Å²) in [6.45, 7) is 2.53. The van der Waals surface area contributed by atoms with Crippen molar-refractivity contribution in [2.75, 3.05) is 22.4 Å². The second kappa shape index (κ2) is 11.6. The van der Waals surface area contributed by atoms with Gasteiger partial charge in [0.05, 0.1) is 29.1 Å². The Kier molecular flexibility index (Phi) is 8.47. The van der Waals surface area contributed by atoms with Gasteiger partial charge in [-0.05, 0) is 54.7 Å². The maximum absolute atomic E-state index is 14.1. The molecule has 1 fully saturated rings. The van der Waals surface area contributed by atoms with Gasteiger partial charge in [-0.2, -0.15) is 0 Å². The van der Waals surface area contributed by atoms with Gasteiger partial charge < -0.3 is 4.90 Å². The van der Waals surface area contributed by atoms with Gasteiger partial charge in [0, 0.05) is 36.3 Å². The number of anilines is 2. The molecule has 200 valence electrons. The zero-order valence-electron chi connectivity index (χ0n) is 21.2. The fourth-order valence-corrected chi connectivity index (χ4v) is 5.53.